The molecule has 6 heteroatoms. The van der Waals surface area contributed by atoms with E-state index < -0.39 is 5.92 Å². The van der Waals surface area contributed by atoms with Crippen LogP contribution in [-0.2, 0) is 23.6 Å². The molecule has 3 aromatic carbocycles. The van der Waals surface area contributed by atoms with Gasteiger partial charge in [-0.2, -0.15) is 0 Å². The molecule has 0 aliphatic rings. The van der Waals surface area contributed by atoms with E-state index in [4.69, 9.17) is 0 Å². The number of anilines is 1. The van der Waals surface area contributed by atoms with E-state index in [2.05, 4.69) is 34.3 Å². The van der Waals surface area contributed by atoms with Crippen molar-refractivity contribution in [1.82, 2.24) is 9.97 Å². The molecule has 0 fully saturated rings. The number of hydrogen-bond donors (Lipinski definition) is 1. The van der Waals surface area contributed by atoms with Gasteiger partial charge in [0, 0.05) is 41.2 Å². The minimum Gasteiger partial charge on any atom is -0.329 e. The van der Waals surface area contributed by atoms with Crippen molar-refractivity contribution < 1.29 is 13.6 Å². The molecule has 0 unspecified atom stereocenters. The molecule has 1 amide bonds. The van der Waals surface area contributed by atoms with Gasteiger partial charge in [0.2, 0.25) is 6.41 Å². The van der Waals surface area contributed by atoms with Crippen LogP contribution >= 0.6 is 0 Å². The van der Waals surface area contributed by atoms with E-state index in [9.17, 15) is 13.6 Å². The average Bonchev–Trinajstić information content (AvgIpc) is 2.94. The van der Waals surface area contributed by atoms with Crippen molar-refractivity contribution >= 4 is 12.1 Å². The van der Waals surface area contributed by atoms with Crippen LogP contribution in [0.15, 0.2) is 85.2 Å². The molecule has 0 spiro atoms. The lowest BCUT2D eigenvalue weighted by molar-refractivity contribution is -0.105. The van der Waals surface area contributed by atoms with E-state index in [-0.39, 0.29) is 12.0 Å². The summed E-state index contributed by atoms with van der Waals surface area (Å²) in [5, 5.41) is 2.63. The van der Waals surface area contributed by atoms with Gasteiger partial charge in [-0.1, -0.05) is 81.4 Å². The second kappa shape index (κ2) is 12.7. The van der Waals surface area contributed by atoms with E-state index in [0.717, 1.165) is 46.6 Å². The van der Waals surface area contributed by atoms with Gasteiger partial charge in [0.1, 0.15) is 0 Å². The van der Waals surface area contributed by atoms with Gasteiger partial charge in [0.15, 0.2) is 0 Å². The van der Waals surface area contributed by atoms with E-state index in [1.165, 1.54) is 24.6 Å². The third-order valence-electron chi connectivity index (χ3n) is 5.96. The molecule has 4 aromatic rings. The molecule has 1 heterocycles. The monoisotopic (exact) mass is 487 g/mol. The van der Waals surface area contributed by atoms with Crippen molar-refractivity contribution in [2.75, 3.05) is 5.32 Å². The molecule has 36 heavy (non-hydrogen) atoms. The van der Waals surface area contributed by atoms with E-state index >= 15 is 0 Å². The van der Waals surface area contributed by atoms with Crippen LogP contribution in [0.2, 0.25) is 0 Å². The van der Waals surface area contributed by atoms with Crippen LogP contribution in [0.3, 0.4) is 0 Å². The Morgan fingerprint density at radius 2 is 1.44 bits per heavy atom. The van der Waals surface area contributed by atoms with Crippen LogP contribution in [0.25, 0.3) is 22.5 Å². The fourth-order valence-corrected chi connectivity index (χ4v) is 3.79. The van der Waals surface area contributed by atoms with Gasteiger partial charge in [-0.15, -0.1) is 0 Å². The zero-order valence-electron chi connectivity index (χ0n) is 20.8. The number of benzene rings is 3. The number of halogens is 2. The second-order valence-electron chi connectivity index (χ2n) is 8.21. The predicted octanol–water partition coefficient (Wildman–Crippen LogP) is 7.69. The first kappa shape index (κ1) is 26.7. The van der Waals surface area contributed by atoms with Gasteiger partial charge in [0.25, 0.3) is 5.92 Å². The summed E-state index contributed by atoms with van der Waals surface area (Å²) in [5.41, 5.74) is 7.00. The first-order valence-corrected chi connectivity index (χ1v) is 12.1. The minimum absolute atomic E-state index is 0.118. The number of alkyl halides is 2. The topological polar surface area (TPSA) is 54.9 Å². The van der Waals surface area contributed by atoms with Gasteiger partial charge in [-0.05, 0) is 36.1 Å². The number of nitrogens with zero attached hydrogens (tertiary/aromatic N) is 2. The highest BCUT2D eigenvalue weighted by molar-refractivity contribution is 5.80. The number of carbonyl (C=O) groups is 1. The minimum atomic E-state index is -2.67. The lowest BCUT2D eigenvalue weighted by atomic mass is 9.98. The Hall–Kier alpha value is -3.93. The maximum atomic E-state index is 13.1. The molecule has 0 bridgehead atoms. The van der Waals surface area contributed by atoms with Crippen molar-refractivity contribution in [2.24, 2.45) is 0 Å². The van der Waals surface area contributed by atoms with Crippen LogP contribution in [0.4, 0.5) is 14.5 Å². The molecule has 186 valence electrons. The molecule has 4 nitrogen and oxygen atoms in total. The summed E-state index contributed by atoms with van der Waals surface area (Å²) in [6.45, 7) is 5.63. The van der Waals surface area contributed by atoms with Crippen LogP contribution in [0.1, 0.15) is 43.9 Å². The normalized spacial score (nSPS) is 10.8. The number of rotatable bonds is 8. The van der Waals surface area contributed by atoms with E-state index in [1.807, 2.05) is 43.3 Å². The van der Waals surface area contributed by atoms with Crippen LogP contribution in [-0.4, -0.2) is 16.4 Å². The first-order chi connectivity index (χ1) is 17.4. The van der Waals surface area contributed by atoms with E-state index in [0.29, 0.717) is 6.41 Å². The SMILES string of the molecule is CCc1ccc(C(F)(F)CC)cc1.CCc1ccccc1-c1nccnc1-c1ccc(NC=O)cc1. The summed E-state index contributed by atoms with van der Waals surface area (Å²) in [5.74, 6) is -2.67. The summed E-state index contributed by atoms with van der Waals surface area (Å²) in [7, 11) is 0. The van der Waals surface area contributed by atoms with Gasteiger partial charge in [0.05, 0.1) is 11.4 Å². The molecule has 0 saturated carbocycles. The zero-order chi connectivity index (χ0) is 26.0. The number of hydrogen-bond acceptors (Lipinski definition) is 3. The maximum absolute atomic E-state index is 13.1. The summed E-state index contributed by atoms with van der Waals surface area (Å²) in [6.07, 6.45) is 5.77. The number of carbonyl (C=O) groups excluding carboxylic acids is 1. The van der Waals surface area contributed by atoms with Gasteiger partial charge >= 0.3 is 0 Å². The molecular weight excluding hydrogens is 456 g/mol. The quantitative estimate of drug-likeness (QED) is 0.259. The lowest BCUT2D eigenvalue weighted by Crippen LogP contribution is -2.11. The van der Waals surface area contributed by atoms with Crippen molar-refractivity contribution in [2.45, 2.75) is 46.0 Å². The molecule has 0 aliphatic carbocycles. The molecule has 0 radical (unpaired) electrons. The lowest BCUT2D eigenvalue weighted by Gasteiger charge is -2.14. The number of amides is 1. The molecule has 1 aromatic heterocycles. The van der Waals surface area contributed by atoms with Gasteiger partial charge in [-0.25, -0.2) is 8.78 Å². The Kier molecular flexibility index (Phi) is 9.39. The molecule has 0 atom stereocenters. The molecule has 4 rings (SSSR count). The standard InChI is InChI=1S/C19H17N3O.C11H14F2/c1-2-14-5-3-4-6-17(14)19-18(20-11-12-21-19)15-7-9-16(10-8-15)22-13-23;1-3-9-5-7-10(8-6-9)11(12,13)4-2/h3-13H,2H2,1H3,(H,22,23);5-8H,3-4H2,1-2H3. The van der Waals surface area contributed by atoms with Crippen molar-refractivity contribution in [3.05, 3.63) is 102 Å². The summed E-state index contributed by atoms with van der Waals surface area (Å²) in [4.78, 5) is 19.6. The Morgan fingerprint density at radius 3 is 2.03 bits per heavy atom. The smallest absolute Gasteiger partial charge is 0.273 e. The van der Waals surface area contributed by atoms with Crippen LogP contribution in [0, 0.1) is 0 Å². The Bertz CT molecular complexity index is 1260. The average molecular weight is 488 g/mol. The Labute approximate surface area is 211 Å². The molecular formula is C30H31F2N3O. The fraction of sp³-hybridized carbons (Fsp3) is 0.233. The van der Waals surface area contributed by atoms with Gasteiger partial charge in [-0.3, -0.25) is 14.8 Å². The van der Waals surface area contributed by atoms with Crippen LogP contribution in [0.5, 0.6) is 0 Å². The molecule has 0 aliphatic heterocycles. The van der Waals surface area contributed by atoms with Crippen molar-refractivity contribution in [1.29, 1.82) is 0 Å². The summed E-state index contributed by atoms with van der Waals surface area (Å²) < 4.78 is 26.2. The Balaban J connectivity index is 0.000000236. The fourth-order valence-electron chi connectivity index (χ4n) is 3.79. The first-order valence-electron chi connectivity index (χ1n) is 12.1. The van der Waals surface area contributed by atoms with E-state index in [1.54, 1.807) is 24.5 Å². The predicted molar refractivity (Wildman–Crippen MR) is 142 cm³/mol. The number of aryl methyl sites for hydroxylation is 2. The maximum Gasteiger partial charge on any atom is 0.273 e. The third kappa shape index (κ3) is 6.60. The number of aromatic nitrogens is 2. The highest BCUT2D eigenvalue weighted by Gasteiger charge is 2.28. The summed E-state index contributed by atoms with van der Waals surface area (Å²) in [6, 6.07) is 22.4. The molecule has 0 saturated heterocycles. The zero-order valence-corrected chi connectivity index (χ0v) is 20.8. The van der Waals surface area contributed by atoms with Gasteiger partial charge < -0.3 is 5.32 Å². The molecule has 1 N–H and O–H groups in total. The Morgan fingerprint density at radius 1 is 0.806 bits per heavy atom. The van der Waals surface area contributed by atoms with Crippen LogP contribution < -0.4 is 5.32 Å². The van der Waals surface area contributed by atoms with Crippen molar-refractivity contribution in [3.63, 3.8) is 0 Å². The van der Waals surface area contributed by atoms with Crippen molar-refractivity contribution in [3.8, 4) is 22.5 Å². The highest BCUT2D eigenvalue weighted by atomic mass is 19.3. The highest BCUT2D eigenvalue weighted by Crippen LogP contribution is 2.32. The number of nitrogens with one attached hydrogen (secondary N) is 1. The second-order valence-corrected chi connectivity index (χ2v) is 8.21. The third-order valence-corrected chi connectivity index (χ3v) is 5.96. The summed E-state index contributed by atoms with van der Waals surface area (Å²) >= 11 is 0. The largest absolute Gasteiger partial charge is 0.329 e.